The lowest BCUT2D eigenvalue weighted by atomic mass is 10.1. The molecule has 0 bridgehead atoms. The highest BCUT2D eigenvalue weighted by atomic mass is 35.5. The van der Waals surface area contributed by atoms with Crippen LogP contribution in [-0.4, -0.2) is 30.0 Å². The van der Waals surface area contributed by atoms with Crippen LogP contribution < -0.4 is 0 Å². The fourth-order valence-corrected chi connectivity index (χ4v) is 2.78. The topological polar surface area (TPSA) is 85.2 Å². The minimum absolute atomic E-state index is 0.444. The Balaban J connectivity index is 1.69. The number of hydrogen-bond acceptors (Lipinski definition) is 5. The lowest BCUT2D eigenvalue weighted by Gasteiger charge is -2.04. The standard InChI is InChI=1S/C18H12ClN7/c1-12-13(9-20)4-2-7-17(12)26-23-18(22-24-26)14-10-21-25(11-14)16-6-3-5-15(19)8-16/h2-8,10-11H,1H3. The first-order valence-electron chi connectivity index (χ1n) is 7.77. The molecule has 0 aliphatic rings. The summed E-state index contributed by atoms with van der Waals surface area (Å²) in [5.74, 6) is 0.444. The van der Waals surface area contributed by atoms with Gasteiger partial charge < -0.3 is 0 Å². The second-order valence-corrected chi connectivity index (χ2v) is 6.05. The third-order valence-electron chi connectivity index (χ3n) is 3.97. The average Bonchev–Trinajstić information content (AvgIpc) is 3.31. The van der Waals surface area contributed by atoms with Crippen molar-refractivity contribution in [3.8, 4) is 28.8 Å². The normalized spacial score (nSPS) is 10.7. The molecule has 0 N–H and O–H groups in total. The molecule has 126 valence electrons. The monoisotopic (exact) mass is 361 g/mol. The molecule has 7 nitrogen and oxygen atoms in total. The van der Waals surface area contributed by atoms with E-state index in [-0.39, 0.29) is 0 Å². The molecule has 2 aromatic heterocycles. The highest BCUT2D eigenvalue weighted by molar-refractivity contribution is 6.30. The smallest absolute Gasteiger partial charge is 0.208 e. The molecule has 2 aromatic carbocycles. The van der Waals surface area contributed by atoms with Crippen molar-refractivity contribution in [1.29, 1.82) is 5.26 Å². The second-order valence-electron chi connectivity index (χ2n) is 5.62. The lowest BCUT2D eigenvalue weighted by Crippen LogP contribution is -2.02. The van der Waals surface area contributed by atoms with Gasteiger partial charge in [0, 0.05) is 11.2 Å². The van der Waals surface area contributed by atoms with Crippen LogP contribution in [0.15, 0.2) is 54.9 Å². The maximum atomic E-state index is 9.17. The first-order chi connectivity index (χ1) is 12.7. The fraction of sp³-hybridized carbons (Fsp3) is 0.0556. The van der Waals surface area contributed by atoms with E-state index in [4.69, 9.17) is 16.9 Å². The largest absolute Gasteiger partial charge is 0.240 e. The molecule has 0 aliphatic heterocycles. The van der Waals surface area contributed by atoms with Crippen LogP contribution in [0.3, 0.4) is 0 Å². The first kappa shape index (κ1) is 16.0. The van der Waals surface area contributed by atoms with Gasteiger partial charge in [-0.15, -0.1) is 15.0 Å². The number of rotatable bonds is 3. The van der Waals surface area contributed by atoms with Crippen LogP contribution in [0.2, 0.25) is 5.02 Å². The molecule has 0 aliphatic carbocycles. The summed E-state index contributed by atoms with van der Waals surface area (Å²) < 4.78 is 1.70. The van der Waals surface area contributed by atoms with E-state index in [1.165, 1.54) is 4.80 Å². The Morgan fingerprint density at radius 2 is 2.00 bits per heavy atom. The summed E-state index contributed by atoms with van der Waals surface area (Å²) in [5, 5.41) is 26.8. The van der Waals surface area contributed by atoms with Crippen LogP contribution in [-0.2, 0) is 0 Å². The van der Waals surface area contributed by atoms with Crippen molar-refractivity contribution >= 4 is 11.6 Å². The van der Waals surface area contributed by atoms with E-state index in [1.807, 2.05) is 37.4 Å². The molecule has 0 saturated heterocycles. The molecule has 26 heavy (non-hydrogen) atoms. The third kappa shape index (κ3) is 2.83. The summed E-state index contributed by atoms with van der Waals surface area (Å²) in [4.78, 5) is 1.42. The van der Waals surface area contributed by atoms with Crippen LogP contribution in [0, 0.1) is 18.3 Å². The summed E-state index contributed by atoms with van der Waals surface area (Å²) >= 11 is 6.03. The minimum Gasteiger partial charge on any atom is -0.240 e. The Labute approximate surface area is 154 Å². The molecule has 2 heterocycles. The van der Waals surface area contributed by atoms with Crippen LogP contribution in [0.1, 0.15) is 11.1 Å². The Hall–Kier alpha value is -3.50. The predicted molar refractivity (Wildman–Crippen MR) is 96.2 cm³/mol. The van der Waals surface area contributed by atoms with E-state index >= 15 is 0 Å². The van der Waals surface area contributed by atoms with Gasteiger partial charge in [0.15, 0.2) is 0 Å². The summed E-state index contributed by atoms with van der Waals surface area (Å²) in [6, 6.07) is 14.9. The average molecular weight is 362 g/mol. The fourth-order valence-electron chi connectivity index (χ4n) is 2.59. The van der Waals surface area contributed by atoms with Crippen molar-refractivity contribution in [3.05, 3.63) is 71.0 Å². The van der Waals surface area contributed by atoms with E-state index in [9.17, 15) is 0 Å². The van der Waals surface area contributed by atoms with Gasteiger partial charge in [0.1, 0.15) is 0 Å². The number of tetrazole rings is 1. The van der Waals surface area contributed by atoms with Gasteiger partial charge in [0.25, 0.3) is 0 Å². The maximum absolute atomic E-state index is 9.17. The van der Waals surface area contributed by atoms with Gasteiger partial charge in [-0.25, -0.2) is 4.68 Å². The van der Waals surface area contributed by atoms with Crippen molar-refractivity contribution in [2.75, 3.05) is 0 Å². The number of nitriles is 1. The molecule has 4 rings (SSSR count). The van der Waals surface area contributed by atoms with Gasteiger partial charge in [0.2, 0.25) is 5.82 Å². The minimum atomic E-state index is 0.444. The Morgan fingerprint density at radius 3 is 2.81 bits per heavy atom. The Kier molecular flexibility index (Phi) is 3.95. The molecule has 8 heteroatoms. The van der Waals surface area contributed by atoms with E-state index in [1.54, 1.807) is 29.1 Å². The number of aromatic nitrogens is 6. The van der Waals surface area contributed by atoms with Crippen LogP contribution in [0.4, 0.5) is 0 Å². The number of benzene rings is 2. The van der Waals surface area contributed by atoms with Crippen molar-refractivity contribution < 1.29 is 0 Å². The Morgan fingerprint density at radius 1 is 1.15 bits per heavy atom. The van der Waals surface area contributed by atoms with Gasteiger partial charge in [-0.05, 0) is 48.0 Å². The molecular formula is C18H12ClN7. The highest BCUT2D eigenvalue weighted by Gasteiger charge is 2.13. The maximum Gasteiger partial charge on any atom is 0.208 e. The molecule has 0 fully saturated rings. The van der Waals surface area contributed by atoms with Crippen LogP contribution >= 0.6 is 11.6 Å². The van der Waals surface area contributed by atoms with Crippen LogP contribution in [0.25, 0.3) is 22.8 Å². The summed E-state index contributed by atoms with van der Waals surface area (Å²) in [5.41, 5.74) is 3.66. The molecular weight excluding hydrogens is 350 g/mol. The van der Waals surface area contributed by atoms with E-state index < -0.39 is 0 Å². The number of nitrogens with zero attached hydrogens (tertiary/aromatic N) is 7. The second kappa shape index (κ2) is 6.43. The van der Waals surface area contributed by atoms with Gasteiger partial charge in [0.05, 0.1) is 34.8 Å². The zero-order valence-corrected chi connectivity index (χ0v) is 14.5. The van der Waals surface area contributed by atoms with Gasteiger partial charge in [-0.3, -0.25) is 0 Å². The zero-order chi connectivity index (χ0) is 18.1. The third-order valence-corrected chi connectivity index (χ3v) is 4.20. The van der Waals surface area contributed by atoms with Gasteiger partial charge >= 0.3 is 0 Å². The highest BCUT2D eigenvalue weighted by Crippen LogP contribution is 2.20. The van der Waals surface area contributed by atoms with E-state index in [2.05, 4.69) is 26.6 Å². The van der Waals surface area contributed by atoms with E-state index in [0.717, 1.165) is 16.8 Å². The quantitative estimate of drug-likeness (QED) is 0.558. The van der Waals surface area contributed by atoms with Crippen molar-refractivity contribution in [1.82, 2.24) is 30.0 Å². The van der Waals surface area contributed by atoms with E-state index in [0.29, 0.717) is 22.1 Å². The SMILES string of the molecule is Cc1c(C#N)cccc1-n1nnc(-c2cnn(-c3cccc(Cl)c3)c2)n1. The summed E-state index contributed by atoms with van der Waals surface area (Å²) in [6.07, 6.45) is 3.48. The molecule has 0 spiro atoms. The van der Waals surface area contributed by atoms with Crippen molar-refractivity contribution in [2.45, 2.75) is 6.92 Å². The summed E-state index contributed by atoms with van der Waals surface area (Å²) in [6.45, 7) is 1.86. The van der Waals surface area contributed by atoms with Gasteiger partial charge in [-0.2, -0.15) is 10.4 Å². The molecule has 4 aromatic rings. The molecule has 0 unspecified atom stereocenters. The van der Waals surface area contributed by atoms with Crippen molar-refractivity contribution in [3.63, 3.8) is 0 Å². The molecule has 0 atom stereocenters. The molecule has 0 radical (unpaired) electrons. The Bertz CT molecular complexity index is 1140. The number of hydrogen-bond donors (Lipinski definition) is 0. The lowest BCUT2D eigenvalue weighted by molar-refractivity contribution is 0.715. The first-order valence-corrected chi connectivity index (χ1v) is 8.14. The molecule has 0 amide bonds. The zero-order valence-electron chi connectivity index (χ0n) is 13.7. The summed E-state index contributed by atoms with van der Waals surface area (Å²) in [7, 11) is 0. The van der Waals surface area contributed by atoms with Crippen LogP contribution in [0.5, 0.6) is 0 Å². The predicted octanol–water partition coefficient (Wildman–Crippen LogP) is 3.35. The molecule has 0 saturated carbocycles. The van der Waals surface area contributed by atoms with Gasteiger partial charge in [-0.1, -0.05) is 23.7 Å². The number of halogens is 1. The van der Waals surface area contributed by atoms with Crippen molar-refractivity contribution in [2.24, 2.45) is 0 Å².